The van der Waals surface area contributed by atoms with E-state index in [1.54, 1.807) is 6.20 Å². The molecular weight excluding hydrogens is 423 g/mol. The molecule has 1 aliphatic carbocycles. The van der Waals surface area contributed by atoms with Crippen LogP contribution in [0.4, 0.5) is 13.2 Å². The predicted molar refractivity (Wildman–Crippen MR) is 114 cm³/mol. The van der Waals surface area contributed by atoms with Gasteiger partial charge in [-0.25, -0.2) is 4.98 Å². The normalized spacial score (nSPS) is 16.7. The van der Waals surface area contributed by atoms with Crippen molar-refractivity contribution in [3.05, 3.63) is 51.5 Å². The molecule has 1 amide bonds. The minimum Gasteiger partial charge on any atom is -0.337 e. The first-order chi connectivity index (χ1) is 14.9. The molecule has 164 valence electrons. The van der Waals surface area contributed by atoms with Crippen LogP contribution in [0.5, 0.6) is 0 Å². The minimum absolute atomic E-state index is 0.173. The molecule has 4 nitrogen and oxygen atoms in total. The Kier molecular flexibility index (Phi) is 5.28. The zero-order valence-electron chi connectivity index (χ0n) is 17.1. The van der Waals surface area contributed by atoms with Gasteiger partial charge in [-0.3, -0.25) is 4.79 Å². The highest BCUT2D eigenvalue weighted by Crippen LogP contribution is 2.37. The summed E-state index contributed by atoms with van der Waals surface area (Å²) in [4.78, 5) is 19.3. The van der Waals surface area contributed by atoms with E-state index < -0.39 is 11.1 Å². The number of carbonyl (C=O) groups is 1. The monoisotopic (exact) mass is 447 g/mol. The van der Waals surface area contributed by atoms with E-state index in [0.717, 1.165) is 64.9 Å². The van der Waals surface area contributed by atoms with Crippen LogP contribution in [0.1, 0.15) is 53.1 Å². The van der Waals surface area contributed by atoms with Gasteiger partial charge in [-0.1, -0.05) is 12.8 Å². The molecule has 0 saturated heterocycles. The van der Waals surface area contributed by atoms with Gasteiger partial charge < -0.3 is 9.47 Å². The molecule has 3 aromatic rings. The molecule has 8 heteroatoms. The Hall–Kier alpha value is -2.35. The number of fused-ring (bicyclic) bond motifs is 3. The van der Waals surface area contributed by atoms with Crippen LogP contribution in [-0.4, -0.2) is 26.9 Å². The van der Waals surface area contributed by atoms with Crippen molar-refractivity contribution in [3.63, 3.8) is 0 Å². The quantitative estimate of drug-likeness (QED) is 0.491. The summed E-state index contributed by atoms with van der Waals surface area (Å²) < 4.78 is 41.1. The molecule has 0 radical (unpaired) electrons. The molecule has 5 rings (SSSR count). The fraction of sp³-hybridized carbons (Fsp3) is 0.478. The summed E-state index contributed by atoms with van der Waals surface area (Å²) in [5, 5.41) is 1.03. The third kappa shape index (κ3) is 4.22. The topological polar surface area (TPSA) is 38.1 Å². The zero-order chi connectivity index (χ0) is 21.6. The largest absolute Gasteiger partial charge is 0.425 e. The fourth-order valence-corrected chi connectivity index (χ4v) is 5.39. The number of pyridine rings is 1. The van der Waals surface area contributed by atoms with E-state index in [1.807, 2.05) is 21.6 Å². The molecule has 0 bridgehead atoms. The molecule has 3 aromatic heterocycles. The highest BCUT2D eigenvalue weighted by Gasteiger charge is 2.33. The molecule has 31 heavy (non-hydrogen) atoms. The summed E-state index contributed by atoms with van der Waals surface area (Å²) >= 11 is 0.770. The Morgan fingerprint density at radius 1 is 1.23 bits per heavy atom. The molecule has 0 aromatic carbocycles. The Morgan fingerprint density at radius 2 is 2.06 bits per heavy atom. The first-order valence-corrected chi connectivity index (χ1v) is 11.6. The number of alkyl halides is 3. The Morgan fingerprint density at radius 3 is 2.81 bits per heavy atom. The number of halogens is 3. The summed E-state index contributed by atoms with van der Waals surface area (Å²) in [7, 11) is 0. The third-order valence-corrected chi connectivity index (χ3v) is 7.44. The number of nitrogens with zero attached hydrogens (tertiary/aromatic N) is 3. The molecule has 0 spiro atoms. The second-order valence-corrected chi connectivity index (χ2v) is 9.72. The van der Waals surface area contributed by atoms with Crippen molar-refractivity contribution in [3.8, 4) is 0 Å². The molecule has 0 unspecified atom stereocenters. The molecule has 2 aliphatic rings. The van der Waals surface area contributed by atoms with Gasteiger partial charge in [-0.15, -0.1) is 11.3 Å². The van der Waals surface area contributed by atoms with Crippen molar-refractivity contribution >= 4 is 28.3 Å². The van der Waals surface area contributed by atoms with E-state index >= 15 is 0 Å². The summed E-state index contributed by atoms with van der Waals surface area (Å²) in [6, 6.07) is 6.58. The van der Waals surface area contributed by atoms with Gasteiger partial charge in [0.15, 0.2) is 0 Å². The standard InChI is InChI=1S/C23H24F3N3OS/c24-23(25,26)20-9-8-16(31-20)13-29-19-14-28(21(30)5-1-3-15-6-7-15)12-10-17(19)18-4-2-11-27-22(18)29/h2,4,8-9,11,15H,1,3,5-7,10,12-14H2. The van der Waals surface area contributed by atoms with Gasteiger partial charge in [-0.2, -0.15) is 13.2 Å². The van der Waals surface area contributed by atoms with Gasteiger partial charge in [0, 0.05) is 35.1 Å². The van der Waals surface area contributed by atoms with Gasteiger partial charge in [-0.05, 0) is 55.0 Å². The van der Waals surface area contributed by atoms with E-state index in [-0.39, 0.29) is 5.91 Å². The zero-order valence-corrected chi connectivity index (χ0v) is 17.9. The van der Waals surface area contributed by atoms with Crippen molar-refractivity contribution in [1.29, 1.82) is 0 Å². The van der Waals surface area contributed by atoms with Crippen molar-refractivity contribution in [2.45, 2.75) is 57.8 Å². The maximum atomic E-state index is 13.0. The van der Waals surface area contributed by atoms with E-state index in [9.17, 15) is 18.0 Å². The van der Waals surface area contributed by atoms with Crippen LogP contribution in [0.3, 0.4) is 0 Å². The summed E-state index contributed by atoms with van der Waals surface area (Å²) in [6.07, 6.45) is 3.37. The van der Waals surface area contributed by atoms with Crippen molar-refractivity contribution in [2.75, 3.05) is 6.54 Å². The second kappa shape index (κ2) is 7.97. The van der Waals surface area contributed by atoms with E-state index in [4.69, 9.17) is 0 Å². The third-order valence-electron chi connectivity index (χ3n) is 6.32. The number of carbonyl (C=O) groups excluding carboxylic acids is 1. The molecular formula is C23H24F3N3OS. The minimum atomic E-state index is -4.33. The number of amides is 1. The molecule has 4 heterocycles. The van der Waals surface area contributed by atoms with Crippen LogP contribution in [-0.2, 0) is 30.5 Å². The number of rotatable bonds is 6. The van der Waals surface area contributed by atoms with Crippen molar-refractivity contribution in [2.24, 2.45) is 5.92 Å². The predicted octanol–water partition coefficient (Wildman–Crippen LogP) is 5.63. The van der Waals surface area contributed by atoms with Gasteiger partial charge >= 0.3 is 6.18 Å². The van der Waals surface area contributed by atoms with Gasteiger partial charge in [0.25, 0.3) is 0 Å². The highest BCUT2D eigenvalue weighted by molar-refractivity contribution is 7.12. The van der Waals surface area contributed by atoms with E-state index in [1.165, 1.54) is 18.9 Å². The number of hydrogen-bond donors (Lipinski definition) is 0. The maximum Gasteiger partial charge on any atom is 0.425 e. The molecule has 1 saturated carbocycles. The fourth-order valence-electron chi connectivity index (χ4n) is 4.52. The number of aromatic nitrogens is 2. The molecule has 0 N–H and O–H groups in total. The Balaban J connectivity index is 1.41. The van der Waals surface area contributed by atoms with E-state index in [0.29, 0.717) is 30.9 Å². The second-order valence-electron chi connectivity index (χ2n) is 8.55. The van der Waals surface area contributed by atoms with Crippen LogP contribution in [0.25, 0.3) is 11.0 Å². The van der Waals surface area contributed by atoms with Gasteiger partial charge in [0.05, 0.1) is 13.1 Å². The lowest BCUT2D eigenvalue weighted by Gasteiger charge is -2.28. The highest BCUT2D eigenvalue weighted by atomic mass is 32.1. The summed E-state index contributed by atoms with van der Waals surface area (Å²) in [5.41, 5.74) is 2.94. The van der Waals surface area contributed by atoms with Crippen LogP contribution in [0, 0.1) is 5.92 Å². The lowest BCUT2D eigenvalue weighted by molar-refractivity contribution is -0.134. The van der Waals surface area contributed by atoms with Crippen molar-refractivity contribution in [1.82, 2.24) is 14.5 Å². The summed E-state index contributed by atoms with van der Waals surface area (Å²) in [5.74, 6) is 0.994. The SMILES string of the molecule is O=C(CCCC1CC1)N1CCc2c(n(Cc3ccc(C(F)(F)F)s3)c3ncccc23)C1. The van der Waals surface area contributed by atoms with Crippen LogP contribution in [0.15, 0.2) is 30.5 Å². The Labute approximate surface area is 182 Å². The Bertz CT molecular complexity index is 1110. The lowest BCUT2D eigenvalue weighted by atomic mass is 10.0. The van der Waals surface area contributed by atoms with E-state index in [2.05, 4.69) is 4.98 Å². The number of thiophene rings is 1. The van der Waals surface area contributed by atoms with Crippen molar-refractivity contribution < 1.29 is 18.0 Å². The average Bonchev–Trinajstić information content (AvgIpc) is 3.35. The van der Waals surface area contributed by atoms with Gasteiger partial charge in [0.2, 0.25) is 5.91 Å². The first kappa shape index (κ1) is 20.5. The number of hydrogen-bond acceptors (Lipinski definition) is 3. The first-order valence-electron chi connectivity index (χ1n) is 10.8. The van der Waals surface area contributed by atoms with Crippen LogP contribution >= 0.6 is 11.3 Å². The lowest BCUT2D eigenvalue weighted by Crippen LogP contribution is -2.36. The smallest absolute Gasteiger partial charge is 0.337 e. The maximum absolute atomic E-state index is 13.0. The van der Waals surface area contributed by atoms with Crippen LogP contribution < -0.4 is 0 Å². The molecule has 0 atom stereocenters. The molecule has 1 fully saturated rings. The molecule has 1 aliphatic heterocycles. The van der Waals surface area contributed by atoms with Crippen LogP contribution in [0.2, 0.25) is 0 Å². The summed E-state index contributed by atoms with van der Waals surface area (Å²) in [6.45, 7) is 1.50. The van der Waals surface area contributed by atoms with Gasteiger partial charge in [0.1, 0.15) is 10.5 Å². The average molecular weight is 448 g/mol.